The maximum atomic E-state index is 6.92. The Hall–Kier alpha value is -1.26. The summed E-state index contributed by atoms with van der Waals surface area (Å²) in [5.74, 6) is 3.14. The Morgan fingerprint density at radius 1 is 0.263 bits per heavy atom. The zero-order chi connectivity index (χ0) is 70.3. The van der Waals surface area contributed by atoms with E-state index < -0.39 is 17.2 Å². The minimum atomic E-state index is -1.48. The van der Waals surface area contributed by atoms with E-state index in [4.69, 9.17) is 27.1 Å². The van der Waals surface area contributed by atoms with E-state index in [-0.39, 0.29) is 17.6 Å². The van der Waals surface area contributed by atoms with Gasteiger partial charge in [0.1, 0.15) is 11.5 Å². The largest absolute Gasteiger partial charge is 0.427 e. The van der Waals surface area contributed by atoms with Gasteiger partial charge in [-0.25, -0.2) is 0 Å². The molecule has 0 heterocycles. The predicted octanol–water partition coefficient (Wildman–Crippen LogP) is 32.8. The molecule has 0 spiro atoms. The monoisotopic (exact) mass is 1420 g/mol. The number of hydrogen-bond acceptors (Lipinski definition) is 6. The van der Waals surface area contributed by atoms with Crippen molar-refractivity contribution in [1.29, 1.82) is 0 Å². The molecule has 2 atom stereocenters. The third-order valence-electron chi connectivity index (χ3n) is 23.2. The molecule has 0 amide bonds. The van der Waals surface area contributed by atoms with Crippen molar-refractivity contribution in [3.8, 4) is 11.5 Å². The van der Waals surface area contributed by atoms with E-state index in [2.05, 4.69) is 90.1 Å². The molecule has 6 nitrogen and oxygen atoms in total. The average Bonchev–Trinajstić information content (AvgIpc) is 0.806. The van der Waals surface area contributed by atoms with Gasteiger partial charge in [0.25, 0.3) is 0 Å². The van der Waals surface area contributed by atoms with Crippen LogP contribution in [0.4, 0.5) is 0 Å². The Kier molecular flexibility index (Phi) is 59.2. The molecule has 4 rings (SSSR count). The Morgan fingerprint density at radius 2 is 0.465 bits per heavy atom. The normalized spacial score (nSPS) is 17.4. The fourth-order valence-corrected chi connectivity index (χ4v) is 18.4. The second-order valence-corrected chi connectivity index (χ2v) is 34.6. The summed E-state index contributed by atoms with van der Waals surface area (Å²) >= 11 is 0. The number of benzene rings is 2. The van der Waals surface area contributed by atoms with Crippen LogP contribution in [0.2, 0.25) is 0 Å². The smallest absolute Gasteiger partial charge is 0.397 e. The van der Waals surface area contributed by atoms with Gasteiger partial charge in [-0.15, -0.1) is 0 Å². The molecule has 2 unspecified atom stereocenters. The third-order valence-corrected chi connectivity index (χ3v) is 25.6. The molecular formula is C91H166O6P2. The molecule has 0 bridgehead atoms. The van der Waals surface area contributed by atoms with Gasteiger partial charge in [-0.05, 0) is 143 Å². The molecule has 0 aromatic heterocycles. The Labute approximate surface area is 620 Å². The summed E-state index contributed by atoms with van der Waals surface area (Å²) in [6.07, 6.45) is 89.0. The summed E-state index contributed by atoms with van der Waals surface area (Å²) < 4.78 is 40.4. The van der Waals surface area contributed by atoms with Gasteiger partial charge in [0.15, 0.2) is 0 Å². The minimum absolute atomic E-state index is 0.178. The van der Waals surface area contributed by atoms with E-state index in [1.165, 1.54) is 384 Å². The molecule has 2 aromatic carbocycles. The lowest BCUT2D eigenvalue weighted by Crippen LogP contribution is -2.38. The standard InChI is InChI=1S/C91H166O6P2/c1-7-11-15-19-23-27-31-35-39-43-47-51-55-59-63-83-65-73-87(74-66-83)94-98(92-81-61-57-53-49-45-41-37-33-29-25-21-17-13-9-3)96-89-77-69-85(70-78-89)91(5,6)86-71-79-90(80-72-86)97-99(93-82-62-58-54-50-46-42-38-34-30-26-22-18-14-10-4)95-88-75-67-84(68-76-88)64-60-56-52-48-44-40-36-32-28-24-20-16-12-8-2/h65-68,73-76,85-86,89-90H,7-64,69-72,77-82H2,1-6H3. The van der Waals surface area contributed by atoms with Crippen molar-refractivity contribution in [2.45, 2.75) is 478 Å². The first kappa shape index (κ1) is 90.1. The lowest BCUT2D eigenvalue weighted by atomic mass is 9.60. The van der Waals surface area contributed by atoms with E-state index in [9.17, 15) is 0 Å². The molecule has 2 aliphatic rings. The summed E-state index contributed by atoms with van der Waals surface area (Å²) in [6.45, 7) is 15.8. The minimum Gasteiger partial charge on any atom is -0.427 e. The zero-order valence-corrected chi connectivity index (χ0v) is 68.6. The maximum Gasteiger partial charge on any atom is 0.397 e. The SMILES string of the molecule is CCCCCCCCCCCCCCCCOP(Oc1ccc(CCCCCCCCCCCCCCCC)cc1)OC1CCC(C(C)(C)C2CCC(OP(OCCCCCCCCCCCCCCCC)Oc3ccc(CCCCCCCCCCCCCCCC)cc3)CC2)CC1. The van der Waals surface area contributed by atoms with Crippen molar-refractivity contribution in [2.75, 3.05) is 13.2 Å². The van der Waals surface area contributed by atoms with Crippen LogP contribution in [0.15, 0.2) is 48.5 Å². The molecular weight excluding hydrogens is 1250 g/mol. The highest BCUT2D eigenvalue weighted by molar-refractivity contribution is 7.42. The molecule has 2 aromatic rings. The van der Waals surface area contributed by atoms with Crippen LogP contribution in [0.1, 0.15) is 464 Å². The summed E-state index contributed by atoms with van der Waals surface area (Å²) in [5, 5.41) is 0. The quantitative estimate of drug-likeness (QED) is 0.0486. The Morgan fingerprint density at radius 3 is 0.687 bits per heavy atom. The fraction of sp³-hybridized carbons (Fsp3) is 0.868. The molecule has 8 heteroatoms. The summed E-state index contributed by atoms with van der Waals surface area (Å²) in [6, 6.07) is 17.8. The van der Waals surface area contributed by atoms with Crippen LogP contribution < -0.4 is 9.05 Å². The molecule has 2 fully saturated rings. The summed E-state index contributed by atoms with van der Waals surface area (Å²) in [5.41, 5.74) is 3.09. The fourth-order valence-electron chi connectivity index (χ4n) is 16.1. The van der Waals surface area contributed by atoms with Gasteiger partial charge in [-0.3, -0.25) is 9.05 Å². The van der Waals surface area contributed by atoms with E-state index in [0.717, 1.165) is 62.9 Å². The average molecular weight is 1420 g/mol. The molecule has 2 saturated carbocycles. The van der Waals surface area contributed by atoms with Crippen LogP contribution in [0, 0.1) is 17.3 Å². The van der Waals surface area contributed by atoms with Crippen LogP contribution in [-0.4, -0.2) is 25.4 Å². The van der Waals surface area contributed by atoms with Gasteiger partial charge in [-0.1, -0.05) is 400 Å². The first-order valence-electron chi connectivity index (χ1n) is 44.6. The predicted molar refractivity (Wildman–Crippen MR) is 436 cm³/mol. The molecule has 2 aliphatic carbocycles. The second-order valence-electron chi connectivity index (χ2n) is 32.4. The number of aryl methyl sites for hydroxylation is 2. The van der Waals surface area contributed by atoms with Crippen molar-refractivity contribution in [1.82, 2.24) is 0 Å². The van der Waals surface area contributed by atoms with Gasteiger partial charge >= 0.3 is 17.2 Å². The van der Waals surface area contributed by atoms with E-state index in [1.54, 1.807) is 0 Å². The zero-order valence-electron chi connectivity index (χ0n) is 66.9. The van der Waals surface area contributed by atoms with Crippen molar-refractivity contribution < 1.29 is 27.1 Å². The van der Waals surface area contributed by atoms with Crippen molar-refractivity contribution in [3.05, 3.63) is 59.7 Å². The Balaban J connectivity index is 1.21. The number of hydrogen-bond donors (Lipinski definition) is 0. The first-order chi connectivity index (χ1) is 48.8. The summed E-state index contributed by atoms with van der Waals surface area (Å²) in [7, 11) is -2.96. The van der Waals surface area contributed by atoms with Crippen molar-refractivity contribution >= 4 is 17.2 Å². The highest BCUT2D eigenvalue weighted by Gasteiger charge is 2.42. The number of rotatable bonds is 72. The Bertz CT molecular complexity index is 1840. The highest BCUT2D eigenvalue weighted by atomic mass is 31.2. The molecule has 0 aliphatic heterocycles. The molecule has 0 N–H and O–H groups in total. The molecule has 99 heavy (non-hydrogen) atoms. The first-order valence-corrected chi connectivity index (χ1v) is 46.8. The van der Waals surface area contributed by atoms with Crippen molar-refractivity contribution in [2.24, 2.45) is 17.3 Å². The van der Waals surface area contributed by atoms with Gasteiger partial charge in [0, 0.05) is 0 Å². The number of unbranched alkanes of at least 4 members (excludes halogenated alkanes) is 52. The van der Waals surface area contributed by atoms with Crippen LogP contribution in [0.25, 0.3) is 0 Å². The van der Waals surface area contributed by atoms with E-state index >= 15 is 0 Å². The van der Waals surface area contributed by atoms with Crippen LogP contribution >= 0.6 is 17.2 Å². The molecule has 0 saturated heterocycles. The van der Waals surface area contributed by atoms with Crippen molar-refractivity contribution in [3.63, 3.8) is 0 Å². The molecule has 576 valence electrons. The lowest BCUT2D eigenvalue weighted by Gasteiger charge is -2.46. The van der Waals surface area contributed by atoms with E-state index in [1.807, 2.05) is 0 Å². The highest BCUT2D eigenvalue weighted by Crippen LogP contribution is 2.53. The lowest BCUT2D eigenvalue weighted by molar-refractivity contribution is 0.00601. The topological polar surface area (TPSA) is 55.4 Å². The van der Waals surface area contributed by atoms with Crippen LogP contribution in [0.5, 0.6) is 11.5 Å². The van der Waals surface area contributed by atoms with Gasteiger partial charge in [-0.2, -0.15) is 0 Å². The molecule has 0 radical (unpaired) electrons. The van der Waals surface area contributed by atoms with Crippen LogP contribution in [0.3, 0.4) is 0 Å². The van der Waals surface area contributed by atoms with Gasteiger partial charge < -0.3 is 18.1 Å². The van der Waals surface area contributed by atoms with Gasteiger partial charge in [0.2, 0.25) is 0 Å². The van der Waals surface area contributed by atoms with Crippen LogP contribution in [-0.2, 0) is 30.9 Å². The second kappa shape index (κ2) is 65.1. The van der Waals surface area contributed by atoms with E-state index in [0.29, 0.717) is 25.0 Å². The third kappa shape index (κ3) is 49.3. The summed E-state index contributed by atoms with van der Waals surface area (Å²) in [4.78, 5) is 0. The maximum absolute atomic E-state index is 6.92. The van der Waals surface area contributed by atoms with Gasteiger partial charge in [0.05, 0.1) is 25.4 Å².